The van der Waals surface area contributed by atoms with Gasteiger partial charge < -0.3 is 10.1 Å². The van der Waals surface area contributed by atoms with Crippen LogP contribution in [0.5, 0.6) is 0 Å². The van der Waals surface area contributed by atoms with Crippen LogP contribution in [0.1, 0.15) is 77.6 Å². The molecule has 24 heavy (non-hydrogen) atoms. The Kier molecular flexibility index (Phi) is 14.2. The number of rotatable bonds is 10. The van der Waals surface area contributed by atoms with Gasteiger partial charge in [0.1, 0.15) is 0 Å². The fourth-order valence-electron chi connectivity index (χ4n) is 3.06. The average molecular weight is 376 g/mol. The molecule has 3 nitrogen and oxygen atoms in total. The van der Waals surface area contributed by atoms with Crippen LogP contribution in [0.3, 0.4) is 0 Å². The molecule has 1 aliphatic carbocycles. The van der Waals surface area contributed by atoms with E-state index in [4.69, 9.17) is 4.74 Å². The maximum atomic E-state index is 11.5. The standard InChI is InChI=1S/C19H37NO2S2/c1-17(23)16-19(21)20-12-15-24-14-9-13-22-18-10-7-5-3-2-4-6-8-11-18/h17-18,23H,2-16H2,1H3,(H,20,21). The van der Waals surface area contributed by atoms with E-state index in [0.717, 1.165) is 31.1 Å². The molecule has 0 radical (unpaired) electrons. The van der Waals surface area contributed by atoms with Gasteiger partial charge in [0.15, 0.2) is 0 Å². The number of carbonyl (C=O) groups is 1. The molecular weight excluding hydrogens is 338 g/mol. The van der Waals surface area contributed by atoms with Crippen LogP contribution < -0.4 is 5.32 Å². The van der Waals surface area contributed by atoms with Gasteiger partial charge in [0.2, 0.25) is 5.91 Å². The first-order valence-corrected chi connectivity index (χ1v) is 11.5. The van der Waals surface area contributed by atoms with Gasteiger partial charge >= 0.3 is 0 Å². The summed E-state index contributed by atoms with van der Waals surface area (Å²) in [4.78, 5) is 11.5. The Hall–Kier alpha value is 0.130. The zero-order chi connectivity index (χ0) is 17.5. The van der Waals surface area contributed by atoms with Gasteiger partial charge in [-0.1, -0.05) is 51.9 Å². The van der Waals surface area contributed by atoms with Gasteiger partial charge in [0, 0.05) is 30.6 Å². The quantitative estimate of drug-likeness (QED) is 0.424. The van der Waals surface area contributed by atoms with Gasteiger partial charge in [-0.2, -0.15) is 24.4 Å². The summed E-state index contributed by atoms with van der Waals surface area (Å²) in [5, 5.41) is 3.08. The van der Waals surface area contributed by atoms with Crippen LogP contribution in [0.2, 0.25) is 0 Å². The lowest BCUT2D eigenvalue weighted by Crippen LogP contribution is -2.27. The van der Waals surface area contributed by atoms with Crippen molar-refractivity contribution in [2.24, 2.45) is 0 Å². The van der Waals surface area contributed by atoms with Gasteiger partial charge in [-0.3, -0.25) is 4.79 Å². The van der Waals surface area contributed by atoms with Gasteiger partial charge in [-0.05, 0) is 25.0 Å². The van der Waals surface area contributed by atoms with Crippen LogP contribution in [0.15, 0.2) is 0 Å². The summed E-state index contributed by atoms with van der Waals surface area (Å²) >= 11 is 6.13. The van der Waals surface area contributed by atoms with Crippen LogP contribution >= 0.6 is 24.4 Å². The van der Waals surface area contributed by atoms with Crippen molar-refractivity contribution in [3.05, 3.63) is 0 Å². The zero-order valence-electron chi connectivity index (χ0n) is 15.4. The van der Waals surface area contributed by atoms with E-state index in [1.807, 2.05) is 18.7 Å². The lowest BCUT2D eigenvalue weighted by Gasteiger charge is -2.19. The highest BCUT2D eigenvalue weighted by atomic mass is 32.2. The number of nitrogens with one attached hydrogen (secondary N) is 1. The van der Waals surface area contributed by atoms with Crippen molar-refractivity contribution in [3.8, 4) is 0 Å². The first kappa shape index (κ1) is 22.2. The monoisotopic (exact) mass is 375 g/mol. The average Bonchev–Trinajstić information content (AvgIpc) is 2.55. The van der Waals surface area contributed by atoms with Crippen LogP contribution in [0.4, 0.5) is 0 Å². The number of thiol groups is 1. The van der Waals surface area contributed by atoms with Crippen molar-refractivity contribution in [3.63, 3.8) is 0 Å². The fourth-order valence-corrected chi connectivity index (χ4v) is 3.99. The summed E-state index contributed by atoms with van der Waals surface area (Å²) < 4.78 is 6.11. The van der Waals surface area contributed by atoms with Crippen molar-refractivity contribution in [2.45, 2.75) is 88.9 Å². The molecule has 0 spiro atoms. The van der Waals surface area contributed by atoms with Crippen molar-refractivity contribution < 1.29 is 9.53 Å². The van der Waals surface area contributed by atoms with E-state index in [-0.39, 0.29) is 11.2 Å². The minimum absolute atomic E-state index is 0.109. The van der Waals surface area contributed by atoms with E-state index in [0.29, 0.717) is 12.5 Å². The molecule has 0 saturated heterocycles. The Morgan fingerprint density at radius 1 is 1.12 bits per heavy atom. The second-order valence-corrected chi connectivity index (χ2v) is 9.02. The van der Waals surface area contributed by atoms with Crippen molar-refractivity contribution in [1.82, 2.24) is 5.32 Å². The third kappa shape index (κ3) is 13.4. The largest absolute Gasteiger partial charge is 0.378 e. The number of hydrogen-bond acceptors (Lipinski definition) is 4. The summed E-state index contributed by atoms with van der Waals surface area (Å²) in [6, 6.07) is 0. The molecule has 1 amide bonds. The third-order valence-electron chi connectivity index (χ3n) is 4.39. The molecule has 0 aliphatic heterocycles. The van der Waals surface area contributed by atoms with Gasteiger partial charge in [0.05, 0.1) is 6.10 Å². The van der Waals surface area contributed by atoms with Crippen LogP contribution in [0, 0.1) is 0 Å². The van der Waals surface area contributed by atoms with Crippen molar-refractivity contribution in [2.75, 3.05) is 24.7 Å². The predicted octanol–water partition coefficient (Wildman–Crippen LogP) is 4.84. The third-order valence-corrected chi connectivity index (χ3v) is 5.64. The maximum Gasteiger partial charge on any atom is 0.221 e. The summed E-state index contributed by atoms with van der Waals surface area (Å²) in [6.45, 7) is 3.59. The molecule has 0 bridgehead atoms. The van der Waals surface area contributed by atoms with Crippen molar-refractivity contribution >= 4 is 30.3 Å². The van der Waals surface area contributed by atoms with Crippen LogP contribution in [-0.4, -0.2) is 41.9 Å². The number of hydrogen-bond donors (Lipinski definition) is 2. The fraction of sp³-hybridized carbons (Fsp3) is 0.947. The second kappa shape index (κ2) is 15.4. The molecule has 142 valence electrons. The SMILES string of the molecule is CC(S)CC(=O)NCCSCCCOC1CCCCCCCCC1. The normalized spacial score (nSPS) is 18.9. The number of amides is 1. The Morgan fingerprint density at radius 3 is 2.38 bits per heavy atom. The maximum absolute atomic E-state index is 11.5. The molecule has 1 aliphatic rings. The number of ether oxygens (including phenoxy) is 1. The first-order chi connectivity index (χ1) is 11.7. The van der Waals surface area contributed by atoms with E-state index < -0.39 is 0 Å². The summed E-state index contributed by atoms with van der Waals surface area (Å²) in [5.41, 5.74) is 0. The highest BCUT2D eigenvalue weighted by Gasteiger charge is 2.10. The molecule has 1 N–H and O–H groups in total. The Morgan fingerprint density at radius 2 is 1.75 bits per heavy atom. The molecule has 0 aromatic carbocycles. The van der Waals surface area contributed by atoms with E-state index in [2.05, 4.69) is 17.9 Å². The molecule has 0 aromatic heterocycles. The van der Waals surface area contributed by atoms with Gasteiger partial charge in [-0.15, -0.1) is 0 Å². The molecule has 1 atom stereocenters. The molecule has 1 fully saturated rings. The highest BCUT2D eigenvalue weighted by Crippen LogP contribution is 2.19. The number of thioether (sulfide) groups is 1. The lowest BCUT2D eigenvalue weighted by atomic mass is 9.99. The highest BCUT2D eigenvalue weighted by molar-refractivity contribution is 7.99. The minimum atomic E-state index is 0.109. The Balaban J connectivity index is 1.93. The molecule has 1 saturated carbocycles. The summed E-state index contributed by atoms with van der Waals surface area (Å²) in [7, 11) is 0. The molecule has 0 aromatic rings. The van der Waals surface area contributed by atoms with E-state index in [1.54, 1.807) is 0 Å². The van der Waals surface area contributed by atoms with Gasteiger partial charge in [0.25, 0.3) is 0 Å². The molecule has 0 heterocycles. The molecule has 1 unspecified atom stereocenters. The van der Waals surface area contributed by atoms with Crippen molar-refractivity contribution in [1.29, 1.82) is 0 Å². The van der Waals surface area contributed by atoms with E-state index in [1.165, 1.54) is 57.8 Å². The second-order valence-electron chi connectivity index (χ2n) is 6.91. The lowest BCUT2D eigenvalue weighted by molar-refractivity contribution is -0.120. The van der Waals surface area contributed by atoms with Gasteiger partial charge in [-0.25, -0.2) is 0 Å². The van der Waals surface area contributed by atoms with Crippen LogP contribution in [0.25, 0.3) is 0 Å². The molecule has 5 heteroatoms. The van der Waals surface area contributed by atoms with Crippen LogP contribution in [-0.2, 0) is 9.53 Å². The van der Waals surface area contributed by atoms with E-state index in [9.17, 15) is 4.79 Å². The summed E-state index contributed by atoms with van der Waals surface area (Å²) in [6.07, 6.45) is 14.3. The minimum Gasteiger partial charge on any atom is -0.378 e. The Labute approximate surface area is 158 Å². The smallest absolute Gasteiger partial charge is 0.221 e. The van der Waals surface area contributed by atoms with E-state index >= 15 is 0 Å². The first-order valence-electron chi connectivity index (χ1n) is 9.82. The molecular formula is C19H37NO2S2. The number of carbonyl (C=O) groups excluding carboxylic acids is 1. The summed E-state index contributed by atoms with van der Waals surface area (Å²) in [5.74, 6) is 2.21. The zero-order valence-corrected chi connectivity index (χ0v) is 17.1. The Bertz CT molecular complexity index is 304. The topological polar surface area (TPSA) is 38.3 Å². The predicted molar refractivity (Wildman–Crippen MR) is 109 cm³/mol. The molecule has 1 rings (SSSR count).